The van der Waals surface area contributed by atoms with Crippen LogP contribution in [0.2, 0.25) is 10.0 Å². The van der Waals surface area contributed by atoms with Crippen LogP contribution >= 0.6 is 23.2 Å². The maximum atomic E-state index is 13.2. The van der Waals surface area contributed by atoms with E-state index >= 15 is 0 Å². The lowest BCUT2D eigenvalue weighted by molar-refractivity contribution is 0.0988. The summed E-state index contributed by atoms with van der Waals surface area (Å²) in [6.07, 6.45) is 3.43. The molecule has 164 valence electrons. The molecule has 1 aromatic heterocycles. The molecular weight excluding hydrogens is 451 g/mol. The minimum absolute atomic E-state index is 0.0261. The molecule has 0 fully saturated rings. The number of methoxy groups -OCH3 is 2. The molecule has 0 amide bonds. The second-order valence-corrected chi connectivity index (χ2v) is 7.58. The molecule has 0 aliphatic rings. The molecule has 3 rings (SSSR count). The van der Waals surface area contributed by atoms with Crippen molar-refractivity contribution in [1.29, 1.82) is 5.26 Å². The van der Waals surface area contributed by atoms with Crippen molar-refractivity contribution in [3.05, 3.63) is 81.1 Å². The number of carbonyl (C=O) groups excluding carboxylic acids is 1. The van der Waals surface area contributed by atoms with Crippen LogP contribution in [0.5, 0.6) is 17.2 Å². The second-order valence-electron chi connectivity index (χ2n) is 6.77. The number of nitriles is 1. The number of carbonyl (C=O) groups is 1. The van der Waals surface area contributed by atoms with E-state index in [1.54, 1.807) is 24.3 Å². The molecule has 0 spiro atoms. The number of ether oxygens (including phenoxy) is 3. The smallest absolute Gasteiger partial charge is 0.204 e. The fourth-order valence-corrected chi connectivity index (χ4v) is 3.64. The highest BCUT2D eigenvalue weighted by Gasteiger charge is 2.23. The molecule has 0 radical (unpaired) electrons. The van der Waals surface area contributed by atoms with Crippen LogP contribution < -0.4 is 14.2 Å². The van der Waals surface area contributed by atoms with Crippen molar-refractivity contribution in [1.82, 2.24) is 4.98 Å². The zero-order valence-corrected chi connectivity index (χ0v) is 19.0. The van der Waals surface area contributed by atoms with Gasteiger partial charge in [0.15, 0.2) is 17.3 Å². The molecule has 0 bridgehead atoms. The lowest BCUT2D eigenvalue weighted by Gasteiger charge is -2.17. The van der Waals surface area contributed by atoms with Crippen molar-refractivity contribution in [2.75, 3.05) is 20.8 Å². The van der Waals surface area contributed by atoms with Crippen LogP contribution in [0.1, 0.15) is 27.0 Å². The van der Waals surface area contributed by atoms with Crippen LogP contribution in [0, 0.1) is 11.3 Å². The Morgan fingerprint density at radius 3 is 2.28 bits per heavy atom. The van der Waals surface area contributed by atoms with Crippen molar-refractivity contribution in [3.8, 4) is 23.3 Å². The van der Waals surface area contributed by atoms with Crippen LogP contribution in [0.3, 0.4) is 0 Å². The number of ketones is 1. The third-order valence-corrected chi connectivity index (χ3v) is 5.46. The Morgan fingerprint density at radius 1 is 1.00 bits per heavy atom. The molecule has 0 aliphatic heterocycles. The zero-order chi connectivity index (χ0) is 23.1. The van der Waals surface area contributed by atoms with Crippen molar-refractivity contribution in [3.63, 3.8) is 0 Å². The fourth-order valence-electron chi connectivity index (χ4n) is 3.14. The molecule has 3 aromatic rings. The molecule has 32 heavy (non-hydrogen) atoms. The Bertz CT molecular complexity index is 1140. The summed E-state index contributed by atoms with van der Waals surface area (Å²) < 4.78 is 16.9. The van der Waals surface area contributed by atoms with Crippen LogP contribution in [0.4, 0.5) is 0 Å². The summed E-state index contributed by atoms with van der Waals surface area (Å²) in [6.45, 7) is 0.284. The predicted molar refractivity (Wildman–Crippen MR) is 122 cm³/mol. The van der Waals surface area contributed by atoms with E-state index in [1.165, 1.54) is 26.6 Å². The van der Waals surface area contributed by atoms with Gasteiger partial charge in [0, 0.05) is 30.8 Å². The van der Waals surface area contributed by atoms with E-state index in [1.807, 2.05) is 12.1 Å². The van der Waals surface area contributed by atoms with Gasteiger partial charge in [-0.2, -0.15) is 5.26 Å². The summed E-state index contributed by atoms with van der Waals surface area (Å²) in [4.78, 5) is 17.1. The first kappa shape index (κ1) is 23.4. The summed E-state index contributed by atoms with van der Waals surface area (Å²) in [5.41, 5.74) is 2.40. The van der Waals surface area contributed by atoms with E-state index in [4.69, 9.17) is 42.7 Å². The molecule has 1 heterocycles. The normalized spacial score (nSPS) is 10.3. The molecular formula is C24H20Cl2N2O4. The van der Waals surface area contributed by atoms with Crippen molar-refractivity contribution >= 4 is 29.0 Å². The molecule has 0 saturated heterocycles. The SMILES string of the molecule is COc1ccc(C(=O)Cc2c(Cl)cncc2Cl)c(OCCc2ccc(C#N)cc2)c1OC. The highest BCUT2D eigenvalue weighted by atomic mass is 35.5. The molecule has 0 unspecified atom stereocenters. The Balaban J connectivity index is 1.87. The minimum atomic E-state index is -0.241. The molecule has 0 N–H and O–H groups in total. The lowest BCUT2D eigenvalue weighted by atomic mass is 10.0. The first-order valence-electron chi connectivity index (χ1n) is 9.66. The molecule has 8 heteroatoms. The highest BCUT2D eigenvalue weighted by molar-refractivity contribution is 6.36. The number of nitrogens with zero attached hydrogens (tertiary/aromatic N) is 2. The number of aromatic nitrogens is 1. The molecule has 0 aliphatic carbocycles. The van der Waals surface area contributed by atoms with Gasteiger partial charge in [0.05, 0.1) is 48.1 Å². The topological polar surface area (TPSA) is 81.4 Å². The van der Waals surface area contributed by atoms with Gasteiger partial charge in [-0.15, -0.1) is 0 Å². The predicted octanol–water partition coefficient (Wildman–Crippen LogP) is 5.32. The fraction of sp³-hybridized carbons (Fsp3) is 0.208. The Kier molecular flexibility index (Phi) is 7.93. The number of halogens is 2. The summed E-state index contributed by atoms with van der Waals surface area (Å²) in [7, 11) is 2.99. The van der Waals surface area contributed by atoms with Crippen molar-refractivity contribution < 1.29 is 19.0 Å². The van der Waals surface area contributed by atoms with Gasteiger partial charge in [-0.3, -0.25) is 9.78 Å². The van der Waals surface area contributed by atoms with E-state index in [0.29, 0.717) is 44.7 Å². The van der Waals surface area contributed by atoms with Gasteiger partial charge in [-0.25, -0.2) is 0 Å². The maximum absolute atomic E-state index is 13.2. The van der Waals surface area contributed by atoms with E-state index in [9.17, 15) is 4.79 Å². The van der Waals surface area contributed by atoms with Crippen LogP contribution in [0.15, 0.2) is 48.8 Å². The first-order valence-corrected chi connectivity index (χ1v) is 10.4. The second kappa shape index (κ2) is 10.9. The minimum Gasteiger partial charge on any atom is -0.493 e. The largest absolute Gasteiger partial charge is 0.493 e. The third-order valence-electron chi connectivity index (χ3n) is 4.81. The average Bonchev–Trinajstić information content (AvgIpc) is 2.81. The lowest BCUT2D eigenvalue weighted by Crippen LogP contribution is -2.11. The van der Waals surface area contributed by atoms with Gasteiger partial charge < -0.3 is 14.2 Å². The highest BCUT2D eigenvalue weighted by Crippen LogP contribution is 2.41. The quantitative estimate of drug-likeness (QED) is 0.393. The maximum Gasteiger partial charge on any atom is 0.204 e. The number of Topliss-reactive ketones (excluding diaryl/α,β-unsaturated/α-hetero) is 1. The number of hydrogen-bond donors (Lipinski definition) is 0. The van der Waals surface area contributed by atoms with Gasteiger partial charge in [0.25, 0.3) is 0 Å². The Hall–Kier alpha value is -3.27. The number of hydrogen-bond acceptors (Lipinski definition) is 6. The number of benzene rings is 2. The van der Waals surface area contributed by atoms with Gasteiger partial charge in [-0.05, 0) is 29.8 Å². The van der Waals surface area contributed by atoms with Gasteiger partial charge in [-0.1, -0.05) is 35.3 Å². The molecule has 2 aromatic carbocycles. The van der Waals surface area contributed by atoms with Crippen molar-refractivity contribution in [2.45, 2.75) is 12.8 Å². The average molecular weight is 471 g/mol. The third kappa shape index (κ3) is 5.31. The van der Waals surface area contributed by atoms with Gasteiger partial charge in [0.2, 0.25) is 5.75 Å². The number of rotatable bonds is 9. The van der Waals surface area contributed by atoms with E-state index in [2.05, 4.69) is 11.1 Å². The van der Waals surface area contributed by atoms with Crippen LogP contribution in [-0.4, -0.2) is 31.6 Å². The summed E-state index contributed by atoms with van der Waals surface area (Å²) >= 11 is 12.4. The summed E-state index contributed by atoms with van der Waals surface area (Å²) in [6, 6.07) is 12.6. The summed E-state index contributed by atoms with van der Waals surface area (Å²) in [5.74, 6) is 0.809. The van der Waals surface area contributed by atoms with Crippen LogP contribution in [0.25, 0.3) is 0 Å². The molecule has 0 saturated carbocycles. The van der Waals surface area contributed by atoms with Gasteiger partial charge >= 0.3 is 0 Å². The van der Waals surface area contributed by atoms with Gasteiger partial charge in [0.1, 0.15) is 0 Å². The monoisotopic (exact) mass is 470 g/mol. The Morgan fingerprint density at radius 2 is 1.69 bits per heavy atom. The first-order chi connectivity index (χ1) is 15.5. The van der Waals surface area contributed by atoms with Crippen LogP contribution in [-0.2, 0) is 12.8 Å². The Labute approximate surface area is 196 Å². The van der Waals surface area contributed by atoms with E-state index < -0.39 is 0 Å². The van der Waals surface area contributed by atoms with E-state index in [0.717, 1.165) is 5.56 Å². The van der Waals surface area contributed by atoms with Crippen molar-refractivity contribution in [2.24, 2.45) is 0 Å². The molecule has 6 nitrogen and oxygen atoms in total. The standard InChI is InChI=1S/C24H20Cl2N2O4/c1-30-22-8-7-17(21(29)11-18-19(25)13-28-14-20(18)26)23(24(22)31-2)32-10-9-15-3-5-16(12-27)6-4-15/h3-8,13-14H,9-11H2,1-2H3. The zero-order valence-electron chi connectivity index (χ0n) is 17.5. The molecule has 0 atom stereocenters. The summed E-state index contributed by atoms with van der Waals surface area (Å²) in [5, 5.41) is 9.56. The van der Waals surface area contributed by atoms with E-state index in [-0.39, 0.29) is 24.6 Å². The number of pyridine rings is 1.